The monoisotopic (exact) mass is 244 g/mol. The number of aromatic nitrogens is 2. The summed E-state index contributed by atoms with van der Waals surface area (Å²) in [5, 5.41) is 4.28. The lowest BCUT2D eigenvalue weighted by atomic mass is 9.81. The molecule has 1 aromatic heterocycles. The maximum Gasteiger partial charge on any atom is 0.248 e. The third-order valence-electron chi connectivity index (χ3n) is 3.47. The average molecular weight is 244 g/mol. The van der Waals surface area contributed by atoms with E-state index in [4.69, 9.17) is 5.84 Å². The molecule has 1 unspecified atom stereocenters. The van der Waals surface area contributed by atoms with Crippen LogP contribution in [0.1, 0.15) is 37.4 Å². The Hall–Kier alpha value is -1.01. The molecule has 1 heterocycles. The van der Waals surface area contributed by atoms with E-state index < -0.39 is 5.92 Å². The Labute approximate surface area is 99.1 Å². The van der Waals surface area contributed by atoms with Gasteiger partial charge in [-0.1, -0.05) is 0 Å². The molecule has 4 nitrogen and oxygen atoms in total. The fraction of sp³-hybridized carbons (Fsp3) is 0.727. The van der Waals surface area contributed by atoms with Crippen LogP contribution in [0, 0.1) is 5.92 Å². The predicted octanol–water partition coefficient (Wildman–Crippen LogP) is 1.75. The predicted molar refractivity (Wildman–Crippen MR) is 60.2 cm³/mol. The SMILES string of the molecule is Cn1ccc(C(NN)C2CCC(F)(F)CC2)n1. The van der Waals surface area contributed by atoms with Crippen molar-refractivity contribution in [3.63, 3.8) is 0 Å². The van der Waals surface area contributed by atoms with Crippen LogP contribution in [0.5, 0.6) is 0 Å². The van der Waals surface area contributed by atoms with Gasteiger partial charge in [-0.05, 0) is 24.8 Å². The van der Waals surface area contributed by atoms with Crippen molar-refractivity contribution in [2.75, 3.05) is 0 Å². The van der Waals surface area contributed by atoms with Crippen LogP contribution in [-0.2, 0) is 7.05 Å². The summed E-state index contributed by atoms with van der Waals surface area (Å²) in [5.41, 5.74) is 3.53. The summed E-state index contributed by atoms with van der Waals surface area (Å²) in [5.74, 6) is 3.16. The molecule has 1 saturated carbocycles. The Morgan fingerprint density at radius 3 is 2.65 bits per heavy atom. The lowest BCUT2D eigenvalue weighted by Gasteiger charge is -2.32. The topological polar surface area (TPSA) is 55.9 Å². The van der Waals surface area contributed by atoms with Crippen molar-refractivity contribution in [1.29, 1.82) is 0 Å². The molecule has 3 N–H and O–H groups in total. The molecular weight excluding hydrogens is 226 g/mol. The first kappa shape index (κ1) is 12.4. The number of hydrogen-bond acceptors (Lipinski definition) is 3. The van der Waals surface area contributed by atoms with E-state index >= 15 is 0 Å². The molecule has 0 bridgehead atoms. The zero-order valence-electron chi connectivity index (χ0n) is 9.87. The van der Waals surface area contributed by atoms with Crippen molar-refractivity contribution >= 4 is 0 Å². The van der Waals surface area contributed by atoms with Gasteiger partial charge in [0.15, 0.2) is 0 Å². The van der Waals surface area contributed by atoms with E-state index in [0.717, 1.165) is 5.69 Å². The van der Waals surface area contributed by atoms with E-state index in [-0.39, 0.29) is 24.8 Å². The summed E-state index contributed by atoms with van der Waals surface area (Å²) < 4.78 is 27.9. The van der Waals surface area contributed by atoms with E-state index in [2.05, 4.69) is 10.5 Å². The standard InChI is InChI=1S/C11H18F2N4/c1-17-7-4-9(16-17)10(15-14)8-2-5-11(12,13)6-3-8/h4,7-8,10,15H,2-3,5-6,14H2,1H3. The number of hydrazine groups is 1. The molecule has 0 aromatic carbocycles. The number of halogens is 2. The first-order valence-electron chi connectivity index (χ1n) is 5.85. The highest BCUT2D eigenvalue weighted by Crippen LogP contribution is 2.40. The summed E-state index contributed by atoms with van der Waals surface area (Å²) in [6.45, 7) is 0. The van der Waals surface area contributed by atoms with Gasteiger partial charge in [0.1, 0.15) is 0 Å². The van der Waals surface area contributed by atoms with Crippen molar-refractivity contribution in [3.8, 4) is 0 Å². The van der Waals surface area contributed by atoms with Crippen LogP contribution in [0.4, 0.5) is 8.78 Å². The Bertz CT molecular complexity index is 367. The largest absolute Gasteiger partial charge is 0.275 e. The maximum absolute atomic E-state index is 13.1. The van der Waals surface area contributed by atoms with E-state index in [1.165, 1.54) is 0 Å². The van der Waals surface area contributed by atoms with Gasteiger partial charge in [-0.3, -0.25) is 16.0 Å². The summed E-state index contributed by atoms with van der Waals surface area (Å²) in [6, 6.07) is 1.74. The zero-order valence-corrected chi connectivity index (χ0v) is 9.87. The van der Waals surface area contributed by atoms with Crippen LogP contribution in [0.2, 0.25) is 0 Å². The smallest absolute Gasteiger partial charge is 0.248 e. The minimum atomic E-state index is -2.50. The van der Waals surface area contributed by atoms with Crippen LogP contribution < -0.4 is 11.3 Å². The van der Waals surface area contributed by atoms with Gasteiger partial charge in [-0.15, -0.1) is 0 Å². The fourth-order valence-corrected chi connectivity index (χ4v) is 2.46. The second kappa shape index (κ2) is 4.70. The van der Waals surface area contributed by atoms with Crippen molar-refractivity contribution in [3.05, 3.63) is 18.0 Å². The molecule has 1 aliphatic carbocycles. The Kier molecular flexibility index (Phi) is 3.44. The molecule has 96 valence electrons. The van der Waals surface area contributed by atoms with Crippen LogP contribution in [0.25, 0.3) is 0 Å². The molecule has 17 heavy (non-hydrogen) atoms. The molecule has 2 rings (SSSR count). The number of nitrogens with zero attached hydrogens (tertiary/aromatic N) is 2. The van der Waals surface area contributed by atoms with Gasteiger partial charge in [0.25, 0.3) is 0 Å². The number of alkyl halides is 2. The van der Waals surface area contributed by atoms with Crippen LogP contribution >= 0.6 is 0 Å². The van der Waals surface area contributed by atoms with Crippen molar-refractivity contribution in [1.82, 2.24) is 15.2 Å². The fourth-order valence-electron chi connectivity index (χ4n) is 2.46. The minimum absolute atomic E-state index is 0.0529. The zero-order chi connectivity index (χ0) is 12.5. The Morgan fingerprint density at radius 2 is 2.18 bits per heavy atom. The third kappa shape index (κ3) is 2.81. The number of hydrogen-bond donors (Lipinski definition) is 2. The molecule has 1 aliphatic rings. The third-order valence-corrected chi connectivity index (χ3v) is 3.47. The summed E-state index contributed by atoms with van der Waals surface area (Å²) in [7, 11) is 1.83. The first-order chi connectivity index (χ1) is 8.02. The molecule has 0 aliphatic heterocycles. The number of rotatable bonds is 3. The highest BCUT2D eigenvalue weighted by atomic mass is 19.3. The van der Waals surface area contributed by atoms with Crippen molar-refractivity contribution in [2.45, 2.75) is 37.6 Å². The molecule has 0 saturated heterocycles. The van der Waals surface area contributed by atoms with Gasteiger partial charge < -0.3 is 0 Å². The lowest BCUT2D eigenvalue weighted by molar-refractivity contribution is -0.0499. The van der Waals surface area contributed by atoms with Gasteiger partial charge in [0.05, 0.1) is 11.7 Å². The van der Waals surface area contributed by atoms with Gasteiger partial charge in [-0.25, -0.2) is 8.78 Å². The van der Waals surface area contributed by atoms with E-state index in [1.54, 1.807) is 4.68 Å². The average Bonchev–Trinajstić information content (AvgIpc) is 2.68. The van der Waals surface area contributed by atoms with Gasteiger partial charge in [0.2, 0.25) is 5.92 Å². The lowest BCUT2D eigenvalue weighted by Crippen LogP contribution is -2.37. The molecule has 1 atom stereocenters. The summed E-state index contributed by atoms with van der Waals surface area (Å²) in [6.07, 6.45) is 2.69. The van der Waals surface area contributed by atoms with Gasteiger partial charge >= 0.3 is 0 Å². The molecular formula is C11H18F2N4. The van der Waals surface area contributed by atoms with Crippen LogP contribution in [-0.4, -0.2) is 15.7 Å². The summed E-state index contributed by atoms with van der Waals surface area (Å²) >= 11 is 0. The normalized spacial score (nSPS) is 22.6. The summed E-state index contributed by atoms with van der Waals surface area (Å²) in [4.78, 5) is 0. The first-order valence-corrected chi connectivity index (χ1v) is 5.85. The van der Waals surface area contributed by atoms with Crippen molar-refractivity contribution < 1.29 is 8.78 Å². The molecule has 0 amide bonds. The molecule has 6 heteroatoms. The second-order valence-electron chi connectivity index (χ2n) is 4.75. The minimum Gasteiger partial charge on any atom is -0.275 e. The maximum atomic E-state index is 13.1. The Morgan fingerprint density at radius 1 is 1.53 bits per heavy atom. The molecule has 1 aromatic rings. The highest BCUT2D eigenvalue weighted by Gasteiger charge is 2.38. The molecule has 0 spiro atoms. The van der Waals surface area contributed by atoms with Crippen molar-refractivity contribution in [2.24, 2.45) is 18.8 Å². The quantitative estimate of drug-likeness (QED) is 0.629. The molecule has 0 radical (unpaired) electrons. The number of aryl methyl sites for hydroxylation is 1. The van der Waals surface area contributed by atoms with Crippen LogP contribution in [0.15, 0.2) is 12.3 Å². The number of nitrogens with one attached hydrogen (secondary N) is 1. The van der Waals surface area contributed by atoms with Gasteiger partial charge in [0, 0.05) is 26.1 Å². The van der Waals surface area contributed by atoms with E-state index in [1.807, 2.05) is 19.3 Å². The second-order valence-corrected chi connectivity index (χ2v) is 4.75. The number of nitrogens with two attached hydrogens (primary N) is 1. The highest BCUT2D eigenvalue weighted by molar-refractivity contribution is 5.07. The van der Waals surface area contributed by atoms with E-state index in [9.17, 15) is 8.78 Å². The molecule has 1 fully saturated rings. The van der Waals surface area contributed by atoms with Gasteiger partial charge in [-0.2, -0.15) is 5.10 Å². The Balaban J connectivity index is 2.05. The van der Waals surface area contributed by atoms with Crippen LogP contribution in [0.3, 0.4) is 0 Å². The van der Waals surface area contributed by atoms with E-state index in [0.29, 0.717) is 12.8 Å².